The van der Waals surface area contributed by atoms with Gasteiger partial charge in [-0.1, -0.05) is 24.3 Å². The number of nitro benzene ring substituents is 1. The van der Waals surface area contributed by atoms with Crippen molar-refractivity contribution < 1.29 is 24.0 Å². The highest BCUT2D eigenvalue weighted by Crippen LogP contribution is 2.27. The molecular formula is C32H23N3O7S. The third kappa shape index (κ3) is 7.34. The summed E-state index contributed by atoms with van der Waals surface area (Å²) in [6, 6.07) is 27.2. The zero-order chi connectivity index (χ0) is 30.3. The first-order valence-electron chi connectivity index (χ1n) is 12.9. The molecule has 3 N–H and O–H groups in total. The topological polar surface area (TPSA) is 152 Å². The van der Waals surface area contributed by atoms with Gasteiger partial charge in [-0.25, -0.2) is 4.79 Å². The highest BCUT2D eigenvalue weighted by atomic mass is 32.2. The van der Waals surface area contributed by atoms with Gasteiger partial charge in [-0.3, -0.25) is 19.7 Å². The van der Waals surface area contributed by atoms with E-state index in [4.69, 9.17) is 4.42 Å². The van der Waals surface area contributed by atoms with E-state index in [9.17, 15) is 29.6 Å². The van der Waals surface area contributed by atoms with Crippen molar-refractivity contribution in [3.63, 3.8) is 0 Å². The molecule has 5 rings (SSSR count). The van der Waals surface area contributed by atoms with Crippen molar-refractivity contribution in [2.24, 2.45) is 0 Å². The van der Waals surface area contributed by atoms with Gasteiger partial charge >= 0.3 is 5.63 Å². The second-order valence-corrected chi connectivity index (χ2v) is 10.3. The molecule has 214 valence electrons. The lowest BCUT2D eigenvalue weighted by atomic mass is 10.1. The molecule has 2 amide bonds. The van der Waals surface area contributed by atoms with Crippen LogP contribution in [0.4, 0.5) is 11.4 Å². The number of hydrogen-bond donors (Lipinski definition) is 3. The van der Waals surface area contributed by atoms with E-state index >= 15 is 0 Å². The summed E-state index contributed by atoms with van der Waals surface area (Å²) >= 11 is 1.36. The summed E-state index contributed by atoms with van der Waals surface area (Å²) in [5.41, 5.74) is 1.31. The van der Waals surface area contributed by atoms with E-state index in [1.54, 1.807) is 60.7 Å². The number of amides is 2. The molecule has 0 radical (unpaired) electrons. The Morgan fingerprint density at radius 3 is 2.44 bits per heavy atom. The lowest BCUT2D eigenvalue weighted by Gasteiger charge is -2.12. The van der Waals surface area contributed by atoms with Gasteiger partial charge in [0.15, 0.2) is 0 Å². The molecule has 4 aromatic carbocycles. The SMILES string of the molecule is O=C(Nc1cccc(SCc2cc3ccc(O)cc3oc2=O)c1)/C(=C/c1ccc([N+](=O)[O-])cc1)NC(=O)c1ccccc1. The first-order valence-corrected chi connectivity index (χ1v) is 13.9. The zero-order valence-corrected chi connectivity index (χ0v) is 23.2. The number of nitro groups is 1. The van der Waals surface area contributed by atoms with Gasteiger partial charge in [0.05, 0.1) is 4.92 Å². The Hall–Kier alpha value is -5.68. The number of non-ortho nitro benzene ring substituents is 1. The third-order valence-corrected chi connectivity index (χ3v) is 7.26. The molecule has 0 aliphatic carbocycles. The molecule has 0 fully saturated rings. The second kappa shape index (κ2) is 12.9. The summed E-state index contributed by atoms with van der Waals surface area (Å²) in [4.78, 5) is 49.9. The van der Waals surface area contributed by atoms with Crippen molar-refractivity contribution in [1.29, 1.82) is 0 Å². The standard InChI is InChI=1S/C32H23N3O7S/c36-26-14-11-22-16-23(32(39)42-29(22)18-26)19-43-27-8-4-7-24(17-27)33-31(38)28(34-30(37)21-5-2-1-3-6-21)15-20-9-12-25(13-10-20)35(40)41/h1-18,36H,19H2,(H,33,38)(H,34,37)/b28-15-. The molecule has 0 saturated carbocycles. The molecule has 0 spiro atoms. The maximum atomic E-state index is 13.4. The maximum absolute atomic E-state index is 13.4. The maximum Gasteiger partial charge on any atom is 0.340 e. The summed E-state index contributed by atoms with van der Waals surface area (Å²) in [5, 5.41) is 26.7. The van der Waals surface area contributed by atoms with Crippen LogP contribution in [0.3, 0.4) is 0 Å². The lowest BCUT2D eigenvalue weighted by Crippen LogP contribution is -2.30. The number of aromatic hydroxyl groups is 1. The van der Waals surface area contributed by atoms with Crippen LogP contribution >= 0.6 is 11.8 Å². The van der Waals surface area contributed by atoms with Gasteiger partial charge in [-0.05, 0) is 72.3 Å². The molecule has 10 nitrogen and oxygen atoms in total. The Labute approximate surface area is 248 Å². The summed E-state index contributed by atoms with van der Waals surface area (Å²) in [6.07, 6.45) is 1.43. The van der Waals surface area contributed by atoms with Crippen molar-refractivity contribution in [1.82, 2.24) is 5.32 Å². The quantitative estimate of drug-likeness (QED) is 0.0609. The zero-order valence-electron chi connectivity index (χ0n) is 22.4. The largest absolute Gasteiger partial charge is 0.508 e. The number of anilines is 1. The molecule has 43 heavy (non-hydrogen) atoms. The van der Waals surface area contributed by atoms with E-state index in [0.29, 0.717) is 39.1 Å². The molecule has 11 heteroatoms. The van der Waals surface area contributed by atoms with Gasteiger partial charge in [-0.2, -0.15) is 0 Å². The highest BCUT2D eigenvalue weighted by molar-refractivity contribution is 7.98. The van der Waals surface area contributed by atoms with Crippen molar-refractivity contribution in [3.8, 4) is 5.75 Å². The third-order valence-electron chi connectivity index (χ3n) is 6.22. The van der Waals surface area contributed by atoms with Gasteiger partial charge in [0.2, 0.25) is 0 Å². The predicted octanol–water partition coefficient (Wildman–Crippen LogP) is 6.11. The van der Waals surface area contributed by atoms with Crippen molar-refractivity contribution >= 4 is 52.0 Å². The van der Waals surface area contributed by atoms with Crippen molar-refractivity contribution in [3.05, 3.63) is 146 Å². The molecule has 0 unspecified atom stereocenters. The fourth-order valence-electron chi connectivity index (χ4n) is 4.07. The van der Waals surface area contributed by atoms with E-state index in [1.807, 2.05) is 6.07 Å². The minimum atomic E-state index is -0.608. The number of nitrogens with one attached hydrogen (secondary N) is 2. The number of phenolic OH excluding ortho intramolecular Hbond substituents is 1. The van der Waals surface area contributed by atoms with E-state index in [2.05, 4.69) is 10.6 Å². The van der Waals surface area contributed by atoms with E-state index in [1.165, 1.54) is 54.2 Å². The molecule has 1 aromatic heterocycles. The van der Waals surface area contributed by atoms with Gasteiger partial charge in [0.1, 0.15) is 17.0 Å². The Balaban J connectivity index is 1.34. The second-order valence-electron chi connectivity index (χ2n) is 9.28. The molecule has 0 bridgehead atoms. The smallest absolute Gasteiger partial charge is 0.340 e. The Morgan fingerprint density at radius 1 is 0.930 bits per heavy atom. The summed E-state index contributed by atoms with van der Waals surface area (Å²) in [6.45, 7) is 0. The number of hydrogen-bond acceptors (Lipinski definition) is 8. The molecule has 0 saturated heterocycles. The first kappa shape index (κ1) is 28.8. The van der Waals surface area contributed by atoms with Crippen molar-refractivity contribution in [2.75, 3.05) is 5.32 Å². The van der Waals surface area contributed by atoms with Crippen LogP contribution in [0.25, 0.3) is 17.0 Å². The first-order chi connectivity index (χ1) is 20.7. The van der Waals surface area contributed by atoms with Crippen LogP contribution in [-0.4, -0.2) is 21.8 Å². The van der Waals surface area contributed by atoms with Gasteiger partial charge in [-0.15, -0.1) is 11.8 Å². The fourth-order valence-corrected chi connectivity index (χ4v) is 4.98. The summed E-state index contributed by atoms with van der Waals surface area (Å²) in [5.74, 6) is -0.808. The minimum Gasteiger partial charge on any atom is -0.508 e. The fraction of sp³-hybridized carbons (Fsp3) is 0.0312. The number of carbonyl (C=O) groups is 2. The molecule has 0 aliphatic heterocycles. The van der Waals surface area contributed by atoms with Crippen molar-refractivity contribution in [2.45, 2.75) is 10.6 Å². The number of benzene rings is 4. The summed E-state index contributed by atoms with van der Waals surface area (Å²) < 4.78 is 5.34. The number of phenols is 1. The van der Waals surface area contributed by atoms with Crippen LogP contribution in [0, 0.1) is 10.1 Å². The normalized spacial score (nSPS) is 11.2. The van der Waals surface area contributed by atoms with Crippen LogP contribution < -0.4 is 16.3 Å². The van der Waals surface area contributed by atoms with Crippen LogP contribution in [0.15, 0.2) is 123 Å². The number of thioether (sulfide) groups is 1. The summed E-state index contributed by atoms with van der Waals surface area (Å²) in [7, 11) is 0. The molecule has 5 aromatic rings. The number of fused-ring (bicyclic) bond motifs is 1. The number of rotatable bonds is 9. The Morgan fingerprint density at radius 2 is 1.70 bits per heavy atom. The van der Waals surface area contributed by atoms with E-state index in [0.717, 1.165) is 4.90 Å². The Bertz CT molecular complexity index is 1920. The van der Waals surface area contributed by atoms with Crippen LogP contribution in [0.5, 0.6) is 5.75 Å². The molecular weight excluding hydrogens is 570 g/mol. The highest BCUT2D eigenvalue weighted by Gasteiger charge is 2.16. The average molecular weight is 594 g/mol. The number of nitrogens with zero attached hydrogens (tertiary/aromatic N) is 1. The van der Waals surface area contributed by atoms with Crippen LogP contribution in [-0.2, 0) is 10.5 Å². The average Bonchev–Trinajstić information content (AvgIpc) is 3.00. The van der Waals surface area contributed by atoms with E-state index < -0.39 is 22.4 Å². The minimum absolute atomic E-state index is 0.00187. The Kier molecular flexibility index (Phi) is 8.63. The van der Waals surface area contributed by atoms with Gasteiger partial charge < -0.3 is 20.2 Å². The molecule has 0 aliphatic rings. The molecule has 0 atom stereocenters. The van der Waals surface area contributed by atoms with Crippen LogP contribution in [0.1, 0.15) is 21.5 Å². The monoisotopic (exact) mass is 593 g/mol. The number of carbonyl (C=O) groups excluding carboxylic acids is 2. The molecule has 1 heterocycles. The predicted molar refractivity (Wildman–Crippen MR) is 164 cm³/mol. The van der Waals surface area contributed by atoms with E-state index in [-0.39, 0.29) is 17.1 Å². The van der Waals surface area contributed by atoms with Gasteiger partial charge in [0, 0.05) is 51.0 Å². The van der Waals surface area contributed by atoms with Gasteiger partial charge in [0.25, 0.3) is 17.5 Å². The lowest BCUT2D eigenvalue weighted by molar-refractivity contribution is -0.384. The van der Waals surface area contributed by atoms with Crippen LogP contribution in [0.2, 0.25) is 0 Å².